The van der Waals surface area contributed by atoms with Gasteiger partial charge in [0, 0.05) is 6.54 Å². The molecule has 2 amide bonds. The number of nitrogens with one attached hydrogen (secondary N) is 1. The van der Waals surface area contributed by atoms with Crippen LogP contribution in [0.3, 0.4) is 0 Å². The van der Waals surface area contributed by atoms with Crippen LogP contribution in [-0.2, 0) is 9.59 Å². The Morgan fingerprint density at radius 2 is 2.44 bits per heavy atom. The molecule has 0 aromatic carbocycles. The fraction of sp³-hybridized carbons (Fsp3) is 0.200. The quantitative estimate of drug-likeness (QED) is 0.421. The molecule has 0 aliphatic carbocycles. The maximum atomic E-state index is 10.5. The van der Waals surface area contributed by atoms with Gasteiger partial charge in [-0.3, -0.25) is 9.59 Å². The van der Waals surface area contributed by atoms with Gasteiger partial charge in [-0.1, -0.05) is 0 Å². The number of carbonyl (C=O) groups is 2. The van der Waals surface area contributed by atoms with E-state index < -0.39 is 5.91 Å². The van der Waals surface area contributed by atoms with Gasteiger partial charge >= 0.3 is 0 Å². The molecule has 0 saturated heterocycles. The molecule has 48 valence electrons. The predicted molar refractivity (Wildman–Crippen MR) is 30.3 cm³/mol. The number of carbonyl (C=O) groups excluding carboxylic acids is 2. The monoisotopic (exact) mass is 126 g/mol. The Balaban J connectivity index is 2.80. The van der Waals surface area contributed by atoms with E-state index in [1.165, 1.54) is 6.08 Å². The maximum Gasteiger partial charge on any atom is 0.256 e. The normalized spacial score (nSPS) is 16.9. The van der Waals surface area contributed by atoms with E-state index in [1.807, 2.05) is 0 Å². The van der Waals surface area contributed by atoms with Crippen molar-refractivity contribution in [1.82, 2.24) is 5.32 Å². The fourth-order valence-corrected chi connectivity index (χ4v) is 0.646. The minimum absolute atomic E-state index is 0.0648. The molecule has 4 heteroatoms. The van der Waals surface area contributed by atoms with Gasteiger partial charge in [-0.2, -0.15) is 0 Å². The largest absolute Gasteiger partial charge is 0.365 e. The molecule has 0 aromatic rings. The van der Waals surface area contributed by atoms with Gasteiger partial charge in [0.1, 0.15) is 5.57 Å². The smallest absolute Gasteiger partial charge is 0.256 e. The van der Waals surface area contributed by atoms with Crippen molar-refractivity contribution in [1.29, 1.82) is 0 Å². The van der Waals surface area contributed by atoms with E-state index in [0.29, 0.717) is 6.54 Å². The van der Waals surface area contributed by atoms with Crippen molar-refractivity contribution in [3.63, 3.8) is 0 Å². The van der Waals surface area contributed by atoms with Gasteiger partial charge in [0.2, 0.25) is 0 Å². The van der Waals surface area contributed by atoms with Crippen molar-refractivity contribution in [3.05, 3.63) is 11.6 Å². The van der Waals surface area contributed by atoms with Gasteiger partial charge in [0.05, 0.1) is 0 Å². The van der Waals surface area contributed by atoms with Gasteiger partial charge in [-0.15, -0.1) is 0 Å². The average molecular weight is 126 g/mol. The molecule has 1 aliphatic heterocycles. The Morgan fingerprint density at radius 3 is 2.67 bits per heavy atom. The first-order chi connectivity index (χ1) is 4.22. The van der Waals surface area contributed by atoms with Crippen molar-refractivity contribution < 1.29 is 9.59 Å². The van der Waals surface area contributed by atoms with Gasteiger partial charge < -0.3 is 11.1 Å². The second kappa shape index (κ2) is 1.89. The SMILES string of the molecule is NC(=O)C1=CCNC1=O. The van der Waals surface area contributed by atoms with Gasteiger partial charge in [-0.25, -0.2) is 0 Å². The van der Waals surface area contributed by atoms with Crippen LogP contribution in [0, 0.1) is 0 Å². The van der Waals surface area contributed by atoms with Crippen LogP contribution in [0.1, 0.15) is 0 Å². The highest BCUT2D eigenvalue weighted by Crippen LogP contribution is 1.97. The number of rotatable bonds is 1. The Labute approximate surface area is 51.7 Å². The second-order valence-corrected chi connectivity index (χ2v) is 1.69. The first-order valence-corrected chi connectivity index (χ1v) is 2.50. The number of amides is 2. The van der Waals surface area contributed by atoms with E-state index in [4.69, 9.17) is 5.73 Å². The van der Waals surface area contributed by atoms with E-state index in [0.717, 1.165) is 0 Å². The fourth-order valence-electron chi connectivity index (χ4n) is 0.646. The summed E-state index contributed by atoms with van der Waals surface area (Å²) in [5, 5.41) is 2.42. The zero-order valence-electron chi connectivity index (χ0n) is 4.68. The molecular weight excluding hydrogens is 120 g/mol. The summed E-state index contributed by atoms with van der Waals surface area (Å²) in [5.74, 6) is -1.03. The van der Waals surface area contributed by atoms with Crippen molar-refractivity contribution >= 4 is 11.8 Å². The second-order valence-electron chi connectivity index (χ2n) is 1.69. The van der Waals surface area contributed by atoms with Gasteiger partial charge in [-0.05, 0) is 6.08 Å². The van der Waals surface area contributed by atoms with Crippen molar-refractivity contribution in [2.45, 2.75) is 0 Å². The number of hydrogen-bond donors (Lipinski definition) is 2. The van der Waals surface area contributed by atoms with E-state index in [2.05, 4.69) is 5.32 Å². The molecule has 0 unspecified atom stereocenters. The molecule has 3 N–H and O–H groups in total. The molecule has 0 fully saturated rings. The van der Waals surface area contributed by atoms with Crippen LogP contribution in [0.5, 0.6) is 0 Å². The highest BCUT2D eigenvalue weighted by Gasteiger charge is 2.18. The summed E-state index contributed by atoms with van der Waals surface area (Å²) in [6, 6.07) is 0. The van der Waals surface area contributed by atoms with Crippen LogP contribution < -0.4 is 11.1 Å². The third-order valence-corrected chi connectivity index (χ3v) is 1.08. The lowest BCUT2D eigenvalue weighted by Crippen LogP contribution is -2.24. The van der Waals surface area contributed by atoms with E-state index >= 15 is 0 Å². The van der Waals surface area contributed by atoms with Gasteiger partial charge in [0.15, 0.2) is 0 Å². The van der Waals surface area contributed by atoms with Crippen LogP contribution in [0.2, 0.25) is 0 Å². The molecule has 0 bridgehead atoms. The zero-order chi connectivity index (χ0) is 6.85. The first kappa shape index (κ1) is 5.81. The third-order valence-electron chi connectivity index (χ3n) is 1.08. The maximum absolute atomic E-state index is 10.5. The zero-order valence-corrected chi connectivity index (χ0v) is 4.68. The Kier molecular flexibility index (Phi) is 1.22. The third kappa shape index (κ3) is 0.910. The summed E-state index contributed by atoms with van der Waals surface area (Å²) in [6.07, 6.45) is 1.48. The van der Waals surface area contributed by atoms with E-state index in [9.17, 15) is 9.59 Å². The molecule has 0 radical (unpaired) electrons. The summed E-state index contributed by atoms with van der Waals surface area (Å²) >= 11 is 0. The Morgan fingerprint density at radius 1 is 1.78 bits per heavy atom. The first-order valence-electron chi connectivity index (χ1n) is 2.50. The average Bonchev–Trinajstić information content (AvgIpc) is 2.13. The lowest BCUT2D eigenvalue weighted by molar-refractivity contribution is -0.121. The number of primary amides is 1. The van der Waals surface area contributed by atoms with Crippen molar-refractivity contribution in [2.75, 3.05) is 6.54 Å². The van der Waals surface area contributed by atoms with Crippen LogP contribution in [-0.4, -0.2) is 18.4 Å². The van der Waals surface area contributed by atoms with Crippen LogP contribution in [0.4, 0.5) is 0 Å². The molecule has 0 aromatic heterocycles. The summed E-state index contributed by atoms with van der Waals surface area (Å²) in [6.45, 7) is 0.414. The standard InChI is InChI=1S/C5H6N2O2/c6-4(8)3-1-2-7-5(3)9/h1H,2H2,(H2,6,8)(H,7,9). The summed E-state index contributed by atoms with van der Waals surface area (Å²) in [7, 11) is 0. The topological polar surface area (TPSA) is 72.2 Å². The molecule has 4 nitrogen and oxygen atoms in total. The summed E-state index contributed by atoms with van der Waals surface area (Å²) in [5.41, 5.74) is 4.88. The highest BCUT2D eigenvalue weighted by molar-refractivity contribution is 6.19. The molecule has 0 saturated carbocycles. The summed E-state index contributed by atoms with van der Waals surface area (Å²) in [4.78, 5) is 20.8. The molecule has 1 aliphatic rings. The van der Waals surface area contributed by atoms with Gasteiger partial charge in [0.25, 0.3) is 11.8 Å². The number of nitrogens with two attached hydrogens (primary N) is 1. The lowest BCUT2D eigenvalue weighted by Gasteiger charge is -1.90. The number of hydrogen-bond acceptors (Lipinski definition) is 2. The molecule has 1 heterocycles. The van der Waals surface area contributed by atoms with Crippen molar-refractivity contribution in [2.24, 2.45) is 5.73 Å². The Bertz CT molecular complexity index is 195. The lowest BCUT2D eigenvalue weighted by atomic mass is 10.3. The Hall–Kier alpha value is -1.32. The van der Waals surface area contributed by atoms with E-state index in [1.54, 1.807) is 0 Å². The minimum atomic E-state index is -0.662. The highest BCUT2D eigenvalue weighted by atomic mass is 16.2. The van der Waals surface area contributed by atoms with Crippen molar-refractivity contribution in [3.8, 4) is 0 Å². The molecule has 0 spiro atoms. The molecular formula is C5H6N2O2. The van der Waals surface area contributed by atoms with Crippen LogP contribution in [0.15, 0.2) is 11.6 Å². The minimum Gasteiger partial charge on any atom is -0.365 e. The molecule has 1 rings (SSSR count). The predicted octanol–water partition coefficient (Wildman–Crippen LogP) is -1.47. The molecule has 0 atom stereocenters. The van der Waals surface area contributed by atoms with Crippen LogP contribution in [0.25, 0.3) is 0 Å². The molecule has 9 heavy (non-hydrogen) atoms. The van der Waals surface area contributed by atoms with E-state index in [-0.39, 0.29) is 11.5 Å². The summed E-state index contributed by atoms with van der Waals surface area (Å²) < 4.78 is 0. The van der Waals surface area contributed by atoms with Crippen LogP contribution >= 0.6 is 0 Å².